The van der Waals surface area contributed by atoms with Gasteiger partial charge in [-0.05, 0) is 68.7 Å². The number of benzene rings is 1. The molecule has 1 atom stereocenters. The van der Waals surface area contributed by atoms with E-state index in [1.54, 1.807) is 0 Å². The molecular weight excluding hydrogens is 296 g/mol. The zero-order valence-corrected chi connectivity index (χ0v) is 15.0. The van der Waals surface area contributed by atoms with Crippen LogP contribution in [0.2, 0.25) is 0 Å². The van der Waals surface area contributed by atoms with Crippen molar-refractivity contribution in [3.05, 3.63) is 30.3 Å². The van der Waals surface area contributed by atoms with Crippen molar-refractivity contribution in [3.8, 4) is 5.75 Å². The Kier molecular flexibility index (Phi) is 5.09. The van der Waals surface area contributed by atoms with E-state index in [1.165, 1.54) is 71.2 Å². The average molecular weight is 329 g/mol. The van der Waals surface area contributed by atoms with Crippen LogP contribution < -0.4 is 4.74 Å². The summed E-state index contributed by atoms with van der Waals surface area (Å²) in [4.78, 5) is 5.42. The molecule has 2 aliphatic heterocycles. The third kappa shape index (κ3) is 3.94. The molecule has 3 aliphatic rings. The first kappa shape index (κ1) is 16.4. The van der Waals surface area contributed by atoms with Crippen LogP contribution in [0.1, 0.15) is 38.5 Å². The average Bonchev–Trinajstić information content (AvgIpc) is 2.94. The highest BCUT2D eigenvalue weighted by Gasteiger charge is 2.41. The van der Waals surface area contributed by atoms with E-state index in [4.69, 9.17) is 4.74 Å². The number of para-hydroxylation sites is 1. The van der Waals surface area contributed by atoms with Gasteiger partial charge in [0.05, 0.1) is 0 Å². The SMILES string of the molecule is c1ccc(OCCN2CCCC3(CCN(CC4CCC4)C3)C2)cc1. The van der Waals surface area contributed by atoms with Crippen LogP contribution in [0.5, 0.6) is 5.75 Å². The number of rotatable bonds is 6. The van der Waals surface area contributed by atoms with Crippen LogP contribution in [0.4, 0.5) is 0 Å². The molecule has 0 amide bonds. The predicted molar refractivity (Wildman–Crippen MR) is 98.4 cm³/mol. The lowest BCUT2D eigenvalue weighted by atomic mass is 9.79. The second-order valence-electron chi connectivity index (χ2n) is 8.32. The third-order valence-corrected chi connectivity index (χ3v) is 6.42. The Bertz CT molecular complexity index is 516. The van der Waals surface area contributed by atoms with E-state index < -0.39 is 0 Å². The monoisotopic (exact) mass is 328 g/mol. The molecule has 1 unspecified atom stereocenters. The molecule has 2 heterocycles. The minimum Gasteiger partial charge on any atom is -0.492 e. The molecule has 24 heavy (non-hydrogen) atoms. The number of piperidine rings is 1. The number of likely N-dealkylation sites (tertiary alicyclic amines) is 2. The molecule has 4 rings (SSSR count). The Morgan fingerprint density at radius 2 is 1.79 bits per heavy atom. The summed E-state index contributed by atoms with van der Waals surface area (Å²) < 4.78 is 5.90. The van der Waals surface area contributed by atoms with Crippen LogP contribution >= 0.6 is 0 Å². The van der Waals surface area contributed by atoms with Gasteiger partial charge < -0.3 is 9.64 Å². The topological polar surface area (TPSA) is 15.7 Å². The van der Waals surface area contributed by atoms with Gasteiger partial charge in [0, 0.05) is 26.2 Å². The fourth-order valence-corrected chi connectivity index (χ4v) is 4.87. The number of hydrogen-bond donors (Lipinski definition) is 0. The van der Waals surface area contributed by atoms with Gasteiger partial charge in [0.15, 0.2) is 0 Å². The fourth-order valence-electron chi connectivity index (χ4n) is 4.87. The largest absolute Gasteiger partial charge is 0.492 e. The fraction of sp³-hybridized carbons (Fsp3) is 0.714. The van der Waals surface area contributed by atoms with Crippen molar-refractivity contribution in [2.75, 3.05) is 45.9 Å². The first-order valence-electron chi connectivity index (χ1n) is 9.94. The molecule has 132 valence electrons. The molecular formula is C21H32N2O. The Morgan fingerprint density at radius 3 is 2.58 bits per heavy atom. The Labute approximate surface area is 147 Å². The Hall–Kier alpha value is -1.06. The molecule has 3 nitrogen and oxygen atoms in total. The molecule has 0 bridgehead atoms. The molecule has 1 saturated carbocycles. The maximum atomic E-state index is 5.90. The van der Waals surface area contributed by atoms with Crippen molar-refractivity contribution in [2.45, 2.75) is 38.5 Å². The van der Waals surface area contributed by atoms with Crippen LogP contribution in [-0.4, -0.2) is 55.7 Å². The van der Waals surface area contributed by atoms with Gasteiger partial charge in [-0.2, -0.15) is 0 Å². The van der Waals surface area contributed by atoms with Crippen molar-refractivity contribution in [1.29, 1.82) is 0 Å². The van der Waals surface area contributed by atoms with E-state index in [2.05, 4.69) is 9.80 Å². The maximum Gasteiger partial charge on any atom is 0.119 e. The predicted octanol–water partition coefficient (Wildman–Crippen LogP) is 3.65. The molecule has 1 aromatic carbocycles. The smallest absolute Gasteiger partial charge is 0.119 e. The van der Waals surface area contributed by atoms with E-state index in [9.17, 15) is 0 Å². The lowest BCUT2D eigenvalue weighted by Crippen LogP contribution is -2.46. The van der Waals surface area contributed by atoms with Crippen molar-refractivity contribution < 1.29 is 4.74 Å². The Balaban J connectivity index is 1.23. The van der Waals surface area contributed by atoms with Gasteiger partial charge in [-0.1, -0.05) is 24.6 Å². The van der Waals surface area contributed by atoms with Crippen LogP contribution in [0.15, 0.2) is 30.3 Å². The van der Waals surface area contributed by atoms with Gasteiger partial charge in [0.25, 0.3) is 0 Å². The molecule has 0 aromatic heterocycles. The van der Waals surface area contributed by atoms with Gasteiger partial charge >= 0.3 is 0 Å². The van der Waals surface area contributed by atoms with Crippen LogP contribution in [-0.2, 0) is 0 Å². The summed E-state index contributed by atoms with van der Waals surface area (Å²) in [6.45, 7) is 8.48. The van der Waals surface area contributed by atoms with Gasteiger partial charge in [-0.15, -0.1) is 0 Å². The van der Waals surface area contributed by atoms with E-state index in [0.717, 1.165) is 24.8 Å². The maximum absolute atomic E-state index is 5.90. The summed E-state index contributed by atoms with van der Waals surface area (Å²) in [5.41, 5.74) is 0.578. The van der Waals surface area contributed by atoms with E-state index in [0.29, 0.717) is 5.41 Å². The zero-order chi connectivity index (χ0) is 16.2. The van der Waals surface area contributed by atoms with Crippen molar-refractivity contribution in [3.63, 3.8) is 0 Å². The molecule has 2 saturated heterocycles. The van der Waals surface area contributed by atoms with Crippen LogP contribution in [0, 0.1) is 11.3 Å². The summed E-state index contributed by atoms with van der Waals surface area (Å²) >= 11 is 0. The van der Waals surface area contributed by atoms with Crippen molar-refractivity contribution in [1.82, 2.24) is 9.80 Å². The minimum atomic E-state index is 0.578. The van der Waals surface area contributed by atoms with Gasteiger partial charge in [-0.25, -0.2) is 0 Å². The highest BCUT2D eigenvalue weighted by atomic mass is 16.5. The highest BCUT2D eigenvalue weighted by Crippen LogP contribution is 2.40. The molecule has 1 aliphatic carbocycles. The first-order valence-corrected chi connectivity index (χ1v) is 9.94. The van der Waals surface area contributed by atoms with Gasteiger partial charge in [0.2, 0.25) is 0 Å². The number of nitrogens with zero attached hydrogens (tertiary/aromatic N) is 2. The van der Waals surface area contributed by atoms with Crippen molar-refractivity contribution >= 4 is 0 Å². The second-order valence-corrected chi connectivity index (χ2v) is 8.32. The minimum absolute atomic E-state index is 0.578. The van der Waals surface area contributed by atoms with Crippen molar-refractivity contribution in [2.24, 2.45) is 11.3 Å². The highest BCUT2D eigenvalue weighted by molar-refractivity contribution is 5.20. The zero-order valence-electron chi connectivity index (χ0n) is 15.0. The van der Waals surface area contributed by atoms with E-state index >= 15 is 0 Å². The Morgan fingerprint density at radius 1 is 0.958 bits per heavy atom. The number of hydrogen-bond acceptors (Lipinski definition) is 3. The van der Waals surface area contributed by atoms with Gasteiger partial charge in [0.1, 0.15) is 12.4 Å². The lowest BCUT2D eigenvalue weighted by molar-refractivity contribution is 0.0773. The van der Waals surface area contributed by atoms with Crippen LogP contribution in [0.25, 0.3) is 0 Å². The first-order chi connectivity index (χ1) is 11.8. The third-order valence-electron chi connectivity index (χ3n) is 6.42. The van der Waals surface area contributed by atoms with Gasteiger partial charge in [-0.3, -0.25) is 4.90 Å². The summed E-state index contributed by atoms with van der Waals surface area (Å²) in [5, 5.41) is 0. The van der Waals surface area contributed by atoms with Crippen LogP contribution in [0.3, 0.4) is 0 Å². The lowest BCUT2D eigenvalue weighted by Gasteiger charge is -2.41. The quantitative estimate of drug-likeness (QED) is 0.793. The van der Waals surface area contributed by atoms with E-state index in [1.807, 2.05) is 30.3 Å². The molecule has 1 spiro atoms. The number of ether oxygens (including phenoxy) is 1. The molecule has 3 fully saturated rings. The summed E-state index contributed by atoms with van der Waals surface area (Å²) in [7, 11) is 0. The molecule has 3 heteroatoms. The molecule has 0 N–H and O–H groups in total. The summed E-state index contributed by atoms with van der Waals surface area (Å²) in [5.74, 6) is 2.01. The summed E-state index contributed by atoms with van der Waals surface area (Å²) in [6, 6.07) is 10.2. The summed E-state index contributed by atoms with van der Waals surface area (Å²) in [6.07, 6.45) is 8.64. The normalized spacial score (nSPS) is 29.0. The second kappa shape index (κ2) is 7.45. The van der Waals surface area contributed by atoms with E-state index in [-0.39, 0.29) is 0 Å². The molecule has 0 radical (unpaired) electrons. The standard InChI is InChI=1S/C21H32N2O/c1-2-8-20(9-3-1)24-15-14-22-12-5-10-21(17-22)11-13-23(18-21)16-19-6-4-7-19/h1-3,8-9,19H,4-7,10-18H2. The molecule has 1 aromatic rings.